The van der Waals surface area contributed by atoms with E-state index in [9.17, 15) is 18.4 Å². The van der Waals surface area contributed by atoms with Crippen LogP contribution in [0.3, 0.4) is 0 Å². The van der Waals surface area contributed by atoms with Crippen LogP contribution in [0.25, 0.3) is 17.7 Å². The summed E-state index contributed by atoms with van der Waals surface area (Å²) in [6, 6.07) is 17.6. The maximum Gasteiger partial charge on any atom is 0.270 e. The lowest BCUT2D eigenvalue weighted by Crippen LogP contribution is -2.24. The summed E-state index contributed by atoms with van der Waals surface area (Å²) in [5.74, 6) is -2.16. The van der Waals surface area contributed by atoms with E-state index in [-0.39, 0.29) is 24.1 Å². The molecule has 7 nitrogen and oxygen atoms in total. The molecule has 0 saturated heterocycles. The van der Waals surface area contributed by atoms with Crippen molar-refractivity contribution < 1.29 is 18.4 Å². The van der Waals surface area contributed by atoms with E-state index in [0.717, 1.165) is 34.6 Å². The zero-order chi connectivity index (χ0) is 25.8. The second kappa shape index (κ2) is 10.3. The highest BCUT2D eigenvalue weighted by Crippen LogP contribution is 2.33. The predicted octanol–water partition coefficient (Wildman–Crippen LogP) is 5.37. The van der Waals surface area contributed by atoms with E-state index in [1.807, 2.05) is 42.5 Å². The first-order chi connectivity index (χ1) is 18.0. The summed E-state index contributed by atoms with van der Waals surface area (Å²) in [7, 11) is 0. The quantitative estimate of drug-likeness (QED) is 0.258. The van der Waals surface area contributed by atoms with Gasteiger partial charge in [-0.25, -0.2) is 13.8 Å². The third-order valence-corrected chi connectivity index (χ3v) is 5.61. The van der Waals surface area contributed by atoms with E-state index >= 15 is 0 Å². The number of H-pyrrole nitrogens is 1. The van der Waals surface area contributed by atoms with Gasteiger partial charge in [0, 0.05) is 41.4 Å². The van der Waals surface area contributed by atoms with Gasteiger partial charge in [-0.2, -0.15) is 0 Å². The van der Waals surface area contributed by atoms with Gasteiger partial charge < -0.3 is 20.9 Å². The number of fused-ring (bicyclic) bond motifs is 1. The number of amides is 2. The number of anilines is 3. The van der Waals surface area contributed by atoms with Crippen LogP contribution >= 0.6 is 0 Å². The maximum atomic E-state index is 13.4. The molecule has 5 rings (SSSR count). The summed E-state index contributed by atoms with van der Waals surface area (Å²) in [6.07, 6.45) is 7.23. The SMILES string of the molecule is O=C1Nc2cc(/C=C/CNC(=O)c3cccc(Nc4ccc(F)c(F)c4)n3)ccc2C1=Cc1ccc[nH]1. The van der Waals surface area contributed by atoms with Gasteiger partial charge in [0.25, 0.3) is 11.8 Å². The summed E-state index contributed by atoms with van der Waals surface area (Å²) < 4.78 is 26.5. The zero-order valence-corrected chi connectivity index (χ0v) is 19.4. The molecule has 3 heterocycles. The molecule has 0 radical (unpaired) electrons. The number of aromatic amines is 1. The Balaban J connectivity index is 1.19. The fourth-order valence-electron chi connectivity index (χ4n) is 3.84. The second-order valence-electron chi connectivity index (χ2n) is 8.22. The van der Waals surface area contributed by atoms with Gasteiger partial charge in [-0.15, -0.1) is 0 Å². The Hall–Kier alpha value is -5.05. The summed E-state index contributed by atoms with van der Waals surface area (Å²) in [5.41, 5.74) is 4.33. The molecule has 184 valence electrons. The number of hydrogen-bond donors (Lipinski definition) is 4. The number of carbonyl (C=O) groups is 2. The van der Waals surface area contributed by atoms with Crippen LogP contribution in [0.2, 0.25) is 0 Å². The van der Waals surface area contributed by atoms with Gasteiger partial charge in [0.2, 0.25) is 0 Å². The third kappa shape index (κ3) is 5.46. The average molecular weight is 498 g/mol. The van der Waals surface area contributed by atoms with Crippen molar-refractivity contribution >= 4 is 46.7 Å². The Kier molecular flexibility index (Phi) is 6.58. The molecular formula is C28H21F2N5O2. The van der Waals surface area contributed by atoms with Crippen LogP contribution < -0.4 is 16.0 Å². The normalized spacial score (nSPS) is 13.6. The van der Waals surface area contributed by atoms with E-state index in [4.69, 9.17) is 0 Å². The van der Waals surface area contributed by atoms with E-state index in [2.05, 4.69) is 25.9 Å². The first kappa shape index (κ1) is 23.7. The van der Waals surface area contributed by atoms with Crippen molar-refractivity contribution in [2.75, 3.05) is 17.2 Å². The third-order valence-electron chi connectivity index (χ3n) is 5.61. The Morgan fingerprint density at radius 3 is 2.70 bits per heavy atom. The minimum Gasteiger partial charge on any atom is -0.362 e. The van der Waals surface area contributed by atoms with Gasteiger partial charge in [-0.3, -0.25) is 9.59 Å². The predicted molar refractivity (Wildman–Crippen MR) is 139 cm³/mol. The molecule has 37 heavy (non-hydrogen) atoms. The van der Waals surface area contributed by atoms with Crippen LogP contribution in [0.1, 0.15) is 27.3 Å². The van der Waals surface area contributed by atoms with Gasteiger partial charge in [0.05, 0.1) is 5.57 Å². The average Bonchev–Trinajstić information content (AvgIpc) is 3.52. The molecule has 0 atom stereocenters. The van der Waals surface area contributed by atoms with Crippen LogP contribution in [-0.4, -0.2) is 28.3 Å². The lowest BCUT2D eigenvalue weighted by molar-refractivity contribution is -0.110. The van der Waals surface area contributed by atoms with Gasteiger partial charge in [0.15, 0.2) is 11.6 Å². The molecule has 2 aromatic heterocycles. The Morgan fingerprint density at radius 1 is 1.00 bits per heavy atom. The first-order valence-electron chi connectivity index (χ1n) is 11.4. The van der Waals surface area contributed by atoms with E-state index in [1.54, 1.807) is 30.5 Å². The molecule has 0 saturated carbocycles. The summed E-state index contributed by atoms with van der Waals surface area (Å²) >= 11 is 0. The number of benzene rings is 2. The molecule has 2 amide bonds. The molecule has 0 spiro atoms. The molecule has 9 heteroatoms. The van der Waals surface area contributed by atoms with Crippen molar-refractivity contribution in [2.45, 2.75) is 0 Å². The van der Waals surface area contributed by atoms with Gasteiger partial charge in [0.1, 0.15) is 11.5 Å². The fraction of sp³-hybridized carbons (Fsp3) is 0.0357. The highest BCUT2D eigenvalue weighted by Gasteiger charge is 2.24. The number of nitrogens with one attached hydrogen (secondary N) is 4. The van der Waals surface area contributed by atoms with Crippen LogP contribution in [0.4, 0.5) is 26.0 Å². The molecule has 4 aromatic rings. The molecule has 4 N–H and O–H groups in total. The van der Waals surface area contributed by atoms with Gasteiger partial charge >= 0.3 is 0 Å². The molecule has 1 aliphatic heterocycles. The monoisotopic (exact) mass is 497 g/mol. The minimum atomic E-state index is -0.982. The topological polar surface area (TPSA) is 98.9 Å². The lowest BCUT2D eigenvalue weighted by Gasteiger charge is -2.08. The Labute approximate surface area is 211 Å². The van der Waals surface area contributed by atoms with E-state index in [0.29, 0.717) is 17.1 Å². The van der Waals surface area contributed by atoms with Crippen LogP contribution in [0.15, 0.2) is 79.0 Å². The highest BCUT2D eigenvalue weighted by molar-refractivity contribution is 6.34. The Bertz CT molecular complexity index is 1540. The zero-order valence-electron chi connectivity index (χ0n) is 19.4. The van der Waals surface area contributed by atoms with Gasteiger partial charge in [-0.1, -0.05) is 30.4 Å². The molecule has 1 aliphatic rings. The molecule has 0 unspecified atom stereocenters. The first-order valence-corrected chi connectivity index (χ1v) is 11.4. The maximum absolute atomic E-state index is 13.4. The van der Waals surface area contributed by atoms with Crippen LogP contribution in [-0.2, 0) is 4.79 Å². The molecule has 0 aliphatic carbocycles. The number of nitrogens with zero attached hydrogens (tertiary/aromatic N) is 1. The van der Waals surface area contributed by atoms with Crippen molar-refractivity contribution in [3.63, 3.8) is 0 Å². The second-order valence-corrected chi connectivity index (χ2v) is 8.22. The summed E-state index contributed by atoms with van der Waals surface area (Å²) in [6.45, 7) is 0.253. The van der Waals surface area contributed by atoms with Gasteiger partial charge in [-0.05, 0) is 54.1 Å². The largest absolute Gasteiger partial charge is 0.362 e. The standard InChI is InChI=1S/C28H21F2N5O2/c29-22-11-9-19(16-23(22)30)33-26-7-1-6-24(34-26)28(37)32-13-2-4-17-8-10-20-21(15-18-5-3-12-31-18)27(36)35-25(20)14-17/h1-12,14-16,31H,13H2,(H,32,37)(H,33,34)(H,35,36)/b4-2+,21-15?. The summed E-state index contributed by atoms with van der Waals surface area (Å²) in [5, 5.41) is 8.49. The van der Waals surface area contributed by atoms with E-state index < -0.39 is 11.6 Å². The molecule has 0 fully saturated rings. The van der Waals surface area contributed by atoms with Crippen molar-refractivity contribution in [3.05, 3.63) is 113 Å². The number of hydrogen-bond acceptors (Lipinski definition) is 4. The molecule has 2 aromatic carbocycles. The summed E-state index contributed by atoms with van der Waals surface area (Å²) in [4.78, 5) is 32.2. The molecular weight excluding hydrogens is 476 g/mol. The van der Waals surface area contributed by atoms with Crippen LogP contribution in [0, 0.1) is 11.6 Å². The van der Waals surface area contributed by atoms with Crippen molar-refractivity contribution in [3.8, 4) is 0 Å². The molecule has 0 bridgehead atoms. The van der Waals surface area contributed by atoms with Crippen molar-refractivity contribution in [2.24, 2.45) is 0 Å². The number of carbonyl (C=O) groups excluding carboxylic acids is 2. The van der Waals surface area contributed by atoms with Crippen LogP contribution in [0.5, 0.6) is 0 Å². The number of rotatable bonds is 7. The smallest absolute Gasteiger partial charge is 0.270 e. The fourth-order valence-corrected chi connectivity index (χ4v) is 3.84. The minimum absolute atomic E-state index is 0.160. The number of pyridine rings is 1. The van der Waals surface area contributed by atoms with Crippen molar-refractivity contribution in [1.82, 2.24) is 15.3 Å². The highest BCUT2D eigenvalue weighted by atomic mass is 19.2. The lowest BCUT2D eigenvalue weighted by atomic mass is 10.0. The number of aromatic nitrogens is 2. The number of halogens is 2. The Morgan fingerprint density at radius 2 is 1.89 bits per heavy atom. The van der Waals surface area contributed by atoms with E-state index in [1.165, 1.54) is 6.07 Å². The van der Waals surface area contributed by atoms with Crippen molar-refractivity contribution in [1.29, 1.82) is 0 Å².